The fourth-order valence-electron chi connectivity index (χ4n) is 2.02. The number of benzene rings is 3. The quantitative estimate of drug-likeness (QED) is 0.629. The van der Waals surface area contributed by atoms with Crippen molar-refractivity contribution in [1.29, 1.82) is 0 Å². The number of amides is 1. The molecule has 3 aromatic carbocycles. The first-order valence-electron chi connectivity index (χ1n) is 5.38. The van der Waals surface area contributed by atoms with E-state index in [1.807, 2.05) is 36.4 Å². The van der Waals surface area contributed by atoms with Gasteiger partial charge in [-0.15, -0.1) is 0 Å². The molecule has 0 heterocycles. The molecule has 1 radical (unpaired) electrons. The number of hydrogen-bond acceptors (Lipinski definition) is 1. The molecule has 0 aliphatic carbocycles. The van der Waals surface area contributed by atoms with E-state index in [-0.39, 0.29) is 0 Å². The third-order valence-electron chi connectivity index (χ3n) is 2.90. The van der Waals surface area contributed by atoms with Crippen LogP contribution >= 0.6 is 0 Å². The lowest BCUT2D eigenvalue weighted by atomic mass is 10.0. The van der Waals surface area contributed by atoms with Gasteiger partial charge < -0.3 is 5.73 Å². The van der Waals surface area contributed by atoms with Crippen LogP contribution in [0.2, 0.25) is 0 Å². The van der Waals surface area contributed by atoms with Crippen molar-refractivity contribution in [2.24, 2.45) is 5.73 Å². The van der Waals surface area contributed by atoms with Gasteiger partial charge in [-0.3, -0.25) is 4.79 Å². The second kappa shape index (κ2) is 3.59. The maximum atomic E-state index is 11.1. The van der Waals surface area contributed by atoms with E-state index < -0.39 is 5.91 Å². The van der Waals surface area contributed by atoms with Gasteiger partial charge in [0.05, 0.1) is 0 Å². The molecule has 0 unspecified atom stereocenters. The van der Waals surface area contributed by atoms with Crippen LogP contribution in [0.5, 0.6) is 0 Å². The Labute approximate surface area is 98.7 Å². The van der Waals surface area contributed by atoms with Gasteiger partial charge in [-0.05, 0) is 51.9 Å². The second-order valence-electron chi connectivity index (χ2n) is 4.04. The molecule has 17 heavy (non-hydrogen) atoms. The zero-order valence-electron chi connectivity index (χ0n) is 9.10. The molecule has 0 spiro atoms. The summed E-state index contributed by atoms with van der Waals surface area (Å²) in [4.78, 5) is 11.1. The van der Waals surface area contributed by atoms with Gasteiger partial charge in [-0.2, -0.15) is 0 Å². The Bertz CT molecular complexity index is 731. The molecule has 0 bridgehead atoms. The van der Waals surface area contributed by atoms with E-state index in [9.17, 15) is 4.79 Å². The lowest BCUT2D eigenvalue weighted by Crippen LogP contribution is -2.10. The topological polar surface area (TPSA) is 43.1 Å². The maximum absolute atomic E-state index is 11.1. The highest BCUT2D eigenvalue weighted by Crippen LogP contribution is 2.23. The number of primary amides is 1. The van der Waals surface area contributed by atoms with Gasteiger partial charge in [0.2, 0.25) is 5.91 Å². The Hall–Kier alpha value is -2.35. The van der Waals surface area contributed by atoms with Crippen LogP contribution in [0.3, 0.4) is 0 Å². The summed E-state index contributed by atoms with van der Waals surface area (Å²) in [6, 6.07) is 18.7. The summed E-state index contributed by atoms with van der Waals surface area (Å²) in [7, 11) is 0. The SMILES string of the molecule is NC(=O)c1ccc2cc3ccc[c]c3cc2c1. The van der Waals surface area contributed by atoms with Crippen molar-refractivity contribution in [3.8, 4) is 0 Å². The molecule has 0 atom stereocenters. The highest BCUT2D eigenvalue weighted by molar-refractivity contribution is 6.02. The Morgan fingerprint density at radius 1 is 1.00 bits per heavy atom. The van der Waals surface area contributed by atoms with E-state index in [0.717, 1.165) is 21.5 Å². The predicted octanol–water partition coefficient (Wildman–Crippen LogP) is 2.89. The molecule has 0 aromatic heterocycles. The molecular weight excluding hydrogens is 210 g/mol. The molecule has 81 valence electrons. The first kappa shape index (κ1) is 9.85. The van der Waals surface area contributed by atoms with Gasteiger partial charge in [0.15, 0.2) is 0 Å². The van der Waals surface area contributed by atoms with Crippen molar-refractivity contribution in [3.05, 3.63) is 60.2 Å². The van der Waals surface area contributed by atoms with E-state index in [4.69, 9.17) is 5.73 Å². The zero-order valence-corrected chi connectivity index (χ0v) is 9.10. The molecule has 1 amide bonds. The number of nitrogens with two attached hydrogens (primary N) is 1. The molecule has 0 saturated carbocycles. The standard InChI is InChI=1S/C15H10NO/c16-15(17)13-6-5-12-7-10-3-1-2-4-11(10)8-14(12)9-13/h1-3,5-9H,(H2,16,17). The highest BCUT2D eigenvalue weighted by Gasteiger charge is 2.02. The summed E-state index contributed by atoms with van der Waals surface area (Å²) in [6.07, 6.45) is 0. The van der Waals surface area contributed by atoms with Crippen molar-refractivity contribution < 1.29 is 4.79 Å². The van der Waals surface area contributed by atoms with Crippen LogP contribution < -0.4 is 5.73 Å². The summed E-state index contributed by atoms with van der Waals surface area (Å²) in [5, 5.41) is 4.30. The number of carbonyl (C=O) groups excluding carboxylic acids is 1. The fraction of sp³-hybridized carbons (Fsp3) is 0. The fourth-order valence-corrected chi connectivity index (χ4v) is 2.02. The minimum atomic E-state index is -0.399. The minimum Gasteiger partial charge on any atom is -0.366 e. The predicted molar refractivity (Wildman–Crippen MR) is 68.8 cm³/mol. The first-order valence-corrected chi connectivity index (χ1v) is 5.38. The Morgan fingerprint density at radius 3 is 2.71 bits per heavy atom. The van der Waals surface area contributed by atoms with Crippen LogP contribution in [0, 0.1) is 6.07 Å². The van der Waals surface area contributed by atoms with Crippen LogP contribution in [0.25, 0.3) is 21.5 Å². The van der Waals surface area contributed by atoms with Crippen molar-refractivity contribution in [2.45, 2.75) is 0 Å². The molecule has 3 rings (SSSR count). The van der Waals surface area contributed by atoms with Gasteiger partial charge in [0.1, 0.15) is 0 Å². The van der Waals surface area contributed by atoms with Gasteiger partial charge >= 0.3 is 0 Å². The van der Waals surface area contributed by atoms with Crippen molar-refractivity contribution in [2.75, 3.05) is 0 Å². The van der Waals surface area contributed by atoms with Crippen LogP contribution in [-0.4, -0.2) is 5.91 Å². The van der Waals surface area contributed by atoms with Gasteiger partial charge in [-0.1, -0.05) is 24.3 Å². The summed E-state index contributed by atoms with van der Waals surface area (Å²) < 4.78 is 0. The van der Waals surface area contributed by atoms with Crippen molar-refractivity contribution >= 4 is 27.5 Å². The zero-order chi connectivity index (χ0) is 11.8. The molecule has 0 fully saturated rings. The van der Waals surface area contributed by atoms with Crippen molar-refractivity contribution in [3.63, 3.8) is 0 Å². The number of carbonyl (C=O) groups is 1. The largest absolute Gasteiger partial charge is 0.366 e. The highest BCUT2D eigenvalue weighted by atomic mass is 16.1. The Morgan fingerprint density at radius 2 is 1.88 bits per heavy atom. The lowest BCUT2D eigenvalue weighted by molar-refractivity contribution is 0.100. The second-order valence-corrected chi connectivity index (χ2v) is 4.04. The molecule has 0 saturated heterocycles. The van der Waals surface area contributed by atoms with Crippen LogP contribution in [0.15, 0.2) is 48.5 Å². The van der Waals surface area contributed by atoms with Crippen LogP contribution in [0.1, 0.15) is 10.4 Å². The third-order valence-corrected chi connectivity index (χ3v) is 2.90. The molecule has 2 N–H and O–H groups in total. The summed E-state index contributed by atoms with van der Waals surface area (Å²) in [5.41, 5.74) is 5.81. The molecule has 2 heteroatoms. The summed E-state index contributed by atoms with van der Waals surface area (Å²) in [5.74, 6) is -0.399. The van der Waals surface area contributed by atoms with E-state index in [2.05, 4.69) is 12.1 Å². The first-order chi connectivity index (χ1) is 8.24. The smallest absolute Gasteiger partial charge is 0.248 e. The lowest BCUT2D eigenvalue weighted by Gasteiger charge is -2.03. The average molecular weight is 220 g/mol. The van der Waals surface area contributed by atoms with E-state index in [1.165, 1.54) is 0 Å². The van der Waals surface area contributed by atoms with Crippen molar-refractivity contribution in [1.82, 2.24) is 0 Å². The van der Waals surface area contributed by atoms with Crippen LogP contribution in [0.4, 0.5) is 0 Å². The molecular formula is C15H10NO. The monoisotopic (exact) mass is 220 g/mol. The average Bonchev–Trinajstić information content (AvgIpc) is 2.35. The van der Waals surface area contributed by atoms with Crippen LogP contribution in [-0.2, 0) is 0 Å². The summed E-state index contributed by atoms with van der Waals surface area (Å²) >= 11 is 0. The third kappa shape index (κ3) is 1.64. The van der Waals surface area contributed by atoms with E-state index in [1.54, 1.807) is 6.07 Å². The van der Waals surface area contributed by atoms with Gasteiger partial charge in [0, 0.05) is 5.56 Å². The molecule has 0 aliphatic heterocycles. The molecule has 0 aliphatic rings. The Balaban J connectivity index is 2.36. The normalized spacial score (nSPS) is 10.8. The molecule has 2 nitrogen and oxygen atoms in total. The molecule has 3 aromatic rings. The number of hydrogen-bond donors (Lipinski definition) is 1. The van der Waals surface area contributed by atoms with Gasteiger partial charge in [0.25, 0.3) is 0 Å². The maximum Gasteiger partial charge on any atom is 0.248 e. The Kier molecular flexibility index (Phi) is 2.08. The summed E-state index contributed by atoms with van der Waals surface area (Å²) in [6.45, 7) is 0. The number of rotatable bonds is 1. The van der Waals surface area contributed by atoms with E-state index >= 15 is 0 Å². The number of fused-ring (bicyclic) bond motifs is 2. The van der Waals surface area contributed by atoms with E-state index in [0.29, 0.717) is 5.56 Å². The minimum absolute atomic E-state index is 0.399. The van der Waals surface area contributed by atoms with Gasteiger partial charge in [-0.25, -0.2) is 0 Å².